The van der Waals surface area contributed by atoms with Gasteiger partial charge in [0.15, 0.2) is 0 Å². The van der Waals surface area contributed by atoms with Gasteiger partial charge in [0.25, 0.3) is 0 Å². The van der Waals surface area contributed by atoms with Crippen LogP contribution in [0.25, 0.3) is 0 Å². The van der Waals surface area contributed by atoms with Crippen molar-refractivity contribution in [3.63, 3.8) is 0 Å². The maximum Gasteiger partial charge on any atom is 0.249 e. The first-order valence-corrected chi connectivity index (χ1v) is 3.90. The van der Waals surface area contributed by atoms with Crippen LogP contribution in [0.4, 0.5) is 0 Å². The smallest absolute Gasteiger partial charge is 0.249 e. The van der Waals surface area contributed by atoms with E-state index in [9.17, 15) is 4.79 Å². The molecule has 1 aromatic heterocycles. The van der Waals surface area contributed by atoms with Crippen LogP contribution in [-0.4, -0.2) is 4.98 Å². The molecule has 0 aromatic carbocycles. The van der Waals surface area contributed by atoms with Crippen molar-refractivity contribution < 1.29 is 0 Å². The Morgan fingerprint density at radius 2 is 2.30 bits per heavy atom. The zero-order valence-corrected chi connectivity index (χ0v) is 7.23. The Morgan fingerprint density at radius 3 is 2.80 bits per heavy atom. The van der Waals surface area contributed by atoms with E-state index >= 15 is 0 Å². The molecule has 0 radical (unpaired) electrons. The number of aryl methyl sites for hydroxylation is 1. The highest BCUT2D eigenvalue weighted by atomic mass is 79.9. The van der Waals surface area contributed by atoms with Crippen molar-refractivity contribution >= 4 is 15.9 Å². The van der Waals surface area contributed by atoms with Crippen molar-refractivity contribution in [1.82, 2.24) is 4.98 Å². The van der Waals surface area contributed by atoms with Gasteiger partial charge in [0.1, 0.15) is 0 Å². The molecule has 10 heavy (non-hydrogen) atoms. The highest BCUT2D eigenvalue weighted by Gasteiger charge is 1.92. The number of aromatic amines is 1. The van der Waals surface area contributed by atoms with Crippen molar-refractivity contribution in [2.24, 2.45) is 0 Å². The number of hydrogen-bond acceptors (Lipinski definition) is 1. The molecular weight excluding hydrogens is 194 g/mol. The molecule has 0 saturated heterocycles. The minimum absolute atomic E-state index is 0.0498. The van der Waals surface area contributed by atoms with E-state index in [1.807, 2.05) is 13.0 Å². The summed E-state index contributed by atoms with van der Waals surface area (Å²) in [5, 5.41) is 0. The lowest BCUT2D eigenvalue weighted by Gasteiger charge is -1.94. The average Bonchev–Trinajstić information content (AvgIpc) is 1.85. The standard InChI is InChI=1S/C7H8BrNO/c1-2-6-3-5(8)4-7(10)9-6/h3-4H,2H2,1H3,(H,9,10). The second-order valence-corrected chi connectivity index (χ2v) is 2.96. The van der Waals surface area contributed by atoms with Gasteiger partial charge >= 0.3 is 0 Å². The van der Waals surface area contributed by atoms with E-state index < -0.39 is 0 Å². The minimum atomic E-state index is -0.0498. The van der Waals surface area contributed by atoms with Gasteiger partial charge < -0.3 is 4.98 Å². The first-order chi connectivity index (χ1) is 4.72. The molecular formula is C7H8BrNO. The Hall–Kier alpha value is -0.570. The molecule has 0 amide bonds. The zero-order chi connectivity index (χ0) is 7.56. The number of H-pyrrole nitrogens is 1. The van der Waals surface area contributed by atoms with Gasteiger partial charge in [-0.25, -0.2) is 0 Å². The minimum Gasteiger partial charge on any atom is -0.326 e. The van der Waals surface area contributed by atoms with Gasteiger partial charge in [-0.1, -0.05) is 22.9 Å². The lowest BCUT2D eigenvalue weighted by molar-refractivity contribution is 1.01. The summed E-state index contributed by atoms with van der Waals surface area (Å²) in [7, 11) is 0. The summed E-state index contributed by atoms with van der Waals surface area (Å²) in [6.45, 7) is 2.00. The molecule has 54 valence electrons. The highest BCUT2D eigenvalue weighted by molar-refractivity contribution is 9.10. The molecule has 0 aliphatic heterocycles. The normalized spacial score (nSPS) is 9.80. The van der Waals surface area contributed by atoms with Crippen molar-refractivity contribution in [1.29, 1.82) is 0 Å². The maximum absolute atomic E-state index is 10.8. The largest absolute Gasteiger partial charge is 0.326 e. The summed E-state index contributed by atoms with van der Waals surface area (Å²) < 4.78 is 0.841. The number of aromatic nitrogens is 1. The maximum atomic E-state index is 10.8. The van der Waals surface area contributed by atoms with Crippen molar-refractivity contribution in [3.8, 4) is 0 Å². The fourth-order valence-electron chi connectivity index (χ4n) is 0.754. The van der Waals surface area contributed by atoms with Crippen molar-refractivity contribution in [2.75, 3.05) is 0 Å². The van der Waals surface area contributed by atoms with Crippen LogP contribution < -0.4 is 5.56 Å². The van der Waals surface area contributed by atoms with Gasteiger partial charge in [0, 0.05) is 16.2 Å². The van der Waals surface area contributed by atoms with Crippen LogP contribution in [-0.2, 0) is 6.42 Å². The van der Waals surface area contributed by atoms with Crippen LogP contribution in [0.1, 0.15) is 12.6 Å². The fraction of sp³-hybridized carbons (Fsp3) is 0.286. The summed E-state index contributed by atoms with van der Waals surface area (Å²) in [4.78, 5) is 13.5. The monoisotopic (exact) mass is 201 g/mol. The van der Waals surface area contributed by atoms with Crippen LogP contribution >= 0.6 is 15.9 Å². The van der Waals surface area contributed by atoms with E-state index in [1.54, 1.807) is 0 Å². The molecule has 0 saturated carbocycles. The molecule has 0 unspecified atom stereocenters. The molecule has 0 fully saturated rings. The molecule has 0 aliphatic carbocycles. The molecule has 1 N–H and O–H groups in total. The summed E-state index contributed by atoms with van der Waals surface area (Å²) in [6.07, 6.45) is 0.856. The van der Waals surface area contributed by atoms with Gasteiger partial charge in [-0.15, -0.1) is 0 Å². The van der Waals surface area contributed by atoms with Crippen LogP contribution in [0, 0.1) is 0 Å². The number of rotatable bonds is 1. The first kappa shape index (κ1) is 7.54. The third kappa shape index (κ3) is 1.70. The number of pyridine rings is 1. The Kier molecular flexibility index (Phi) is 2.27. The van der Waals surface area contributed by atoms with Gasteiger partial charge in [-0.2, -0.15) is 0 Å². The second-order valence-electron chi connectivity index (χ2n) is 2.04. The lowest BCUT2D eigenvalue weighted by Crippen LogP contribution is -2.06. The number of nitrogens with one attached hydrogen (secondary N) is 1. The molecule has 0 aliphatic rings. The fourth-order valence-corrected chi connectivity index (χ4v) is 1.24. The molecule has 1 rings (SSSR count). The third-order valence-corrected chi connectivity index (χ3v) is 1.70. The Morgan fingerprint density at radius 1 is 1.60 bits per heavy atom. The number of hydrogen-bond donors (Lipinski definition) is 1. The van der Waals surface area contributed by atoms with Crippen LogP contribution in [0.2, 0.25) is 0 Å². The third-order valence-electron chi connectivity index (χ3n) is 1.25. The van der Waals surface area contributed by atoms with Crippen molar-refractivity contribution in [2.45, 2.75) is 13.3 Å². The molecule has 2 nitrogen and oxygen atoms in total. The Balaban J connectivity index is 3.19. The van der Waals surface area contributed by atoms with Crippen LogP contribution in [0.3, 0.4) is 0 Å². The molecule has 1 heterocycles. The number of halogens is 1. The summed E-state index contributed by atoms with van der Waals surface area (Å²) in [5.74, 6) is 0. The molecule has 0 atom stereocenters. The van der Waals surface area contributed by atoms with E-state index in [0.717, 1.165) is 16.6 Å². The Bertz CT molecular complexity index is 279. The van der Waals surface area contributed by atoms with Crippen molar-refractivity contribution in [3.05, 3.63) is 32.7 Å². The summed E-state index contributed by atoms with van der Waals surface area (Å²) in [6, 6.07) is 3.42. The quantitative estimate of drug-likeness (QED) is 0.738. The predicted molar refractivity (Wildman–Crippen MR) is 44.1 cm³/mol. The van der Waals surface area contributed by atoms with Crippen LogP contribution in [0.5, 0.6) is 0 Å². The van der Waals surface area contributed by atoms with E-state index in [-0.39, 0.29) is 5.56 Å². The highest BCUT2D eigenvalue weighted by Crippen LogP contribution is 2.06. The van der Waals surface area contributed by atoms with E-state index in [1.165, 1.54) is 6.07 Å². The van der Waals surface area contributed by atoms with Gasteiger partial charge in [-0.3, -0.25) is 4.79 Å². The lowest BCUT2D eigenvalue weighted by atomic mass is 10.3. The summed E-state index contributed by atoms with van der Waals surface area (Å²) >= 11 is 3.23. The molecule has 1 aromatic rings. The zero-order valence-electron chi connectivity index (χ0n) is 5.65. The SMILES string of the molecule is CCc1cc(Br)cc(=O)[nH]1. The molecule has 0 bridgehead atoms. The molecule has 3 heteroatoms. The van der Waals surface area contributed by atoms with E-state index in [2.05, 4.69) is 20.9 Å². The van der Waals surface area contributed by atoms with Gasteiger partial charge in [-0.05, 0) is 12.5 Å². The summed E-state index contributed by atoms with van der Waals surface area (Å²) in [5.41, 5.74) is 0.908. The Labute approximate surface area is 67.4 Å². The van der Waals surface area contributed by atoms with Gasteiger partial charge in [0.05, 0.1) is 0 Å². The first-order valence-electron chi connectivity index (χ1n) is 3.11. The van der Waals surface area contributed by atoms with E-state index in [4.69, 9.17) is 0 Å². The van der Waals surface area contributed by atoms with Crippen LogP contribution in [0.15, 0.2) is 21.4 Å². The van der Waals surface area contributed by atoms with Gasteiger partial charge in [0.2, 0.25) is 5.56 Å². The molecule has 0 spiro atoms. The van der Waals surface area contributed by atoms with E-state index in [0.29, 0.717) is 0 Å². The average molecular weight is 202 g/mol. The second kappa shape index (κ2) is 3.01. The topological polar surface area (TPSA) is 32.9 Å². The predicted octanol–water partition coefficient (Wildman–Crippen LogP) is 1.70.